The Morgan fingerprint density at radius 1 is 1.28 bits per heavy atom. The second-order valence-corrected chi connectivity index (χ2v) is 5.68. The van der Waals surface area contributed by atoms with E-state index in [0.717, 1.165) is 36.7 Å². The maximum absolute atomic E-state index is 6.47. The van der Waals surface area contributed by atoms with Crippen molar-refractivity contribution >= 4 is 11.6 Å². The fourth-order valence-corrected chi connectivity index (χ4v) is 2.89. The molecule has 0 saturated carbocycles. The van der Waals surface area contributed by atoms with Crippen molar-refractivity contribution in [2.45, 2.75) is 38.5 Å². The molecule has 1 aromatic carbocycles. The van der Waals surface area contributed by atoms with E-state index in [-0.39, 0.29) is 0 Å². The van der Waals surface area contributed by atoms with Gasteiger partial charge in [0.15, 0.2) is 0 Å². The van der Waals surface area contributed by atoms with E-state index in [1.807, 2.05) is 0 Å². The smallest absolute Gasteiger partial charge is 0.138 e. The molecule has 1 N–H and O–H groups in total. The lowest BCUT2D eigenvalue weighted by atomic mass is 9.87. The molecule has 2 rings (SSSR count). The minimum absolute atomic E-state index is 0.497. The molecule has 0 bridgehead atoms. The quantitative estimate of drug-likeness (QED) is 0.896. The van der Waals surface area contributed by atoms with Crippen molar-refractivity contribution < 1.29 is 4.74 Å². The van der Waals surface area contributed by atoms with Crippen molar-refractivity contribution in [3.63, 3.8) is 0 Å². The van der Waals surface area contributed by atoms with Gasteiger partial charge in [0, 0.05) is 0 Å². The van der Waals surface area contributed by atoms with Gasteiger partial charge in [-0.05, 0) is 55.0 Å². The van der Waals surface area contributed by atoms with Crippen LogP contribution in [-0.4, -0.2) is 20.2 Å². The number of rotatable bonds is 3. The zero-order valence-electron chi connectivity index (χ0n) is 11.4. The molecule has 100 valence electrons. The number of benzene rings is 1. The van der Waals surface area contributed by atoms with Crippen molar-refractivity contribution in [3.8, 4) is 5.75 Å². The third-order valence-electron chi connectivity index (χ3n) is 3.76. The summed E-state index contributed by atoms with van der Waals surface area (Å²) >= 11 is 6.47. The van der Waals surface area contributed by atoms with Crippen LogP contribution >= 0.6 is 11.6 Å². The summed E-state index contributed by atoms with van der Waals surface area (Å²) in [4.78, 5) is 0. The first-order valence-electron chi connectivity index (χ1n) is 6.71. The van der Waals surface area contributed by atoms with E-state index in [1.165, 1.54) is 11.1 Å². The number of halogens is 1. The summed E-state index contributed by atoms with van der Waals surface area (Å²) in [6, 6.07) is 4.34. The molecule has 0 atom stereocenters. The minimum Gasteiger partial charge on any atom is -0.495 e. The number of nitrogens with one attached hydrogen (secondary N) is 1. The van der Waals surface area contributed by atoms with Crippen molar-refractivity contribution in [1.29, 1.82) is 0 Å². The number of hydrogen-bond donors (Lipinski definition) is 1. The highest BCUT2D eigenvalue weighted by atomic mass is 35.5. The molecule has 18 heavy (non-hydrogen) atoms. The first kappa shape index (κ1) is 13.7. The summed E-state index contributed by atoms with van der Waals surface area (Å²) in [6.07, 6.45) is 2.31. The summed E-state index contributed by atoms with van der Waals surface area (Å²) in [5.41, 5.74) is 2.57. The highest BCUT2D eigenvalue weighted by molar-refractivity contribution is 6.33. The number of hydrogen-bond acceptors (Lipinski definition) is 2. The fourth-order valence-electron chi connectivity index (χ4n) is 2.55. The van der Waals surface area contributed by atoms with Crippen molar-refractivity contribution in [3.05, 3.63) is 28.3 Å². The van der Waals surface area contributed by atoms with E-state index in [1.54, 1.807) is 7.11 Å². The predicted molar refractivity (Wildman–Crippen MR) is 76.9 cm³/mol. The SMILES string of the molecule is COc1cc(C(C)C)cc(C2CCNCC2)c1Cl. The van der Waals surface area contributed by atoms with Gasteiger partial charge in [0.25, 0.3) is 0 Å². The van der Waals surface area contributed by atoms with Gasteiger partial charge in [0.2, 0.25) is 0 Å². The number of piperidine rings is 1. The molecule has 0 aromatic heterocycles. The largest absolute Gasteiger partial charge is 0.495 e. The lowest BCUT2D eigenvalue weighted by molar-refractivity contribution is 0.410. The summed E-state index contributed by atoms with van der Waals surface area (Å²) in [6.45, 7) is 6.56. The molecule has 1 aliphatic rings. The topological polar surface area (TPSA) is 21.3 Å². The van der Waals surface area contributed by atoms with E-state index in [0.29, 0.717) is 11.8 Å². The lowest BCUT2D eigenvalue weighted by Gasteiger charge is -2.25. The molecule has 0 aliphatic carbocycles. The van der Waals surface area contributed by atoms with Gasteiger partial charge in [0.1, 0.15) is 5.75 Å². The van der Waals surface area contributed by atoms with E-state index in [2.05, 4.69) is 31.3 Å². The minimum atomic E-state index is 0.497. The predicted octanol–water partition coefficient (Wildman–Crippen LogP) is 3.94. The molecule has 0 spiro atoms. The zero-order chi connectivity index (χ0) is 13.1. The first-order valence-corrected chi connectivity index (χ1v) is 7.09. The van der Waals surface area contributed by atoms with Crippen LogP contribution in [0.25, 0.3) is 0 Å². The Morgan fingerprint density at radius 2 is 1.94 bits per heavy atom. The van der Waals surface area contributed by atoms with Crippen LogP contribution in [0.1, 0.15) is 49.7 Å². The van der Waals surface area contributed by atoms with Crippen LogP contribution in [0.3, 0.4) is 0 Å². The van der Waals surface area contributed by atoms with Crippen LogP contribution in [-0.2, 0) is 0 Å². The van der Waals surface area contributed by atoms with Crippen LogP contribution in [0.5, 0.6) is 5.75 Å². The Balaban J connectivity index is 2.40. The normalized spacial score (nSPS) is 17.2. The number of ether oxygens (including phenoxy) is 1. The van der Waals surface area contributed by atoms with Gasteiger partial charge in [-0.15, -0.1) is 0 Å². The molecular weight excluding hydrogens is 246 g/mol. The van der Waals surface area contributed by atoms with Crippen LogP contribution in [0.4, 0.5) is 0 Å². The average Bonchev–Trinajstić information content (AvgIpc) is 2.39. The second-order valence-electron chi connectivity index (χ2n) is 5.31. The van der Waals surface area contributed by atoms with Gasteiger partial charge in [-0.2, -0.15) is 0 Å². The van der Waals surface area contributed by atoms with Gasteiger partial charge in [-0.1, -0.05) is 31.5 Å². The van der Waals surface area contributed by atoms with E-state index in [4.69, 9.17) is 16.3 Å². The Labute approximate surface area is 115 Å². The molecule has 1 aliphatic heterocycles. The van der Waals surface area contributed by atoms with Crippen LogP contribution in [0, 0.1) is 0 Å². The standard InChI is InChI=1S/C15H22ClNO/c1-10(2)12-8-13(11-4-6-17-7-5-11)15(16)14(9-12)18-3/h8-11,17H,4-7H2,1-3H3. The zero-order valence-corrected chi connectivity index (χ0v) is 12.2. The summed E-state index contributed by atoms with van der Waals surface area (Å²) in [7, 11) is 1.69. The monoisotopic (exact) mass is 267 g/mol. The van der Waals surface area contributed by atoms with Gasteiger partial charge >= 0.3 is 0 Å². The Kier molecular flexibility index (Phi) is 4.52. The van der Waals surface area contributed by atoms with Crippen LogP contribution < -0.4 is 10.1 Å². The van der Waals surface area contributed by atoms with Crippen molar-refractivity contribution in [2.24, 2.45) is 0 Å². The summed E-state index contributed by atoms with van der Waals surface area (Å²) < 4.78 is 5.42. The Bertz CT molecular complexity index is 411. The molecule has 1 fully saturated rings. The van der Waals surface area contributed by atoms with Crippen molar-refractivity contribution in [2.75, 3.05) is 20.2 Å². The molecule has 2 nitrogen and oxygen atoms in total. The molecular formula is C15H22ClNO. The van der Waals surface area contributed by atoms with E-state index < -0.39 is 0 Å². The first-order chi connectivity index (χ1) is 8.63. The maximum atomic E-state index is 6.47. The molecule has 0 radical (unpaired) electrons. The average molecular weight is 268 g/mol. The molecule has 3 heteroatoms. The van der Waals surface area contributed by atoms with Crippen LogP contribution in [0.2, 0.25) is 5.02 Å². The lowest BCUT2D eigenvalue weighted by Crippen LogP contribution is -2.26. The second kappa shape index (κ2) is 5.94. The molecule has 1 heterocycles. The maximum Gasteiger partial charge on any atom is 0.138 e. The van der Waals surface area contributed by atoms with Gasteiger partial charge < -0.3 is 10.1 Å². The van der Waals surface area contributed by atoms with Crippen molar-refractivity contribution in [1.82, 2.24) is 5.32 Å². The Morgan fingerprint density at radius 3 is 2.50 bits per heavy atom. The summed E-state index contributed by atoms with van der Waals surface area (Å²) in [5, 5.41) is 4.20. The fraction of sp³-hybridized carbons (Fsp3) is 0.600. The Hall–Kier alpha value is -0.730. The third-order valence-corrected chi connectivity index (χ3v) is 4.16. The molecule has 1 saturated heterocycles. The molecule has 0 unspecified atom stereocenters. The van der Waals surface area contributed by atoms with Crippen LogP contribution in [0.15, 0.2) is 12.1 Å². The molecule has 1 aromatic rings. The highest BCUT2D eigenvalue weighted by Crippen LogP contribution is 2.39. The highest BCUT2D eigenvalue weighted by Gasteiger charge is 2.21. The van der Waals surface area contributed by atoms with Gasteiger partial charge in [-0.25, -0.2) is 0 Å². The molecule has 0 amide bonds. The van der Waals surface area contributed by atoms with Gasteiger partial charge in [0.05, 0.1) is 12.1 Å². The van der Waals surface area contributed by atoms with E-state index in [9.17, 15) is 0 Å². The summed E-state index contributed by atoms with van der Waals surface area (Å²) in [5.74, 6) is 1.87. The number of methoxy groups -OCH3 is 1. The van der Waals surface area contributed by atoms with Gasteiger partial charge in [-0.3, -0.25) is 0 Å². The van der Waals surface area contributed by atoms with E-state index >= 15 is 0 Å². The third kappa shape index (κ3) is 2.81.